The quantitative estimate of drug-likeness (QED) is 0.418. The van der Waals surface area contributed by atoms with Crippen molar-refractivity contribution in [1.82, 2.24) is 4.90 Å². The van der Waals surface area contributed by atoms with Gasteiger partial charge in [-0.1, -0.05) is 13.0 Å². The Labute approximate surface area is 201 Å². The van der Waals surface area contributed by atoms with Crippen LogP contribution in [0.1, 0.15) is 85.7 Å². The van der Waals surface area contributed by atoms with Crippen molar-refractivity contribution in [3.05, 3.63) is 21.9 Å². The summed E-state index contributed by atoms with van der Waals surface area (Å²) in [6.45, 7) is 3.52. The molecule has 1 saturated carbocycles. The largest absolute Gasteiger partial charge is 0.465 e. The van der Waals surface area contributed by atoms with Gasteiger partial charge in [0, 0.05) is 29.9 Å². The van der Waals surface area contributed by atoms with E-state index in [2.05, 4.69) is 19.1 Å². The SMILES string of the molecule is COC(=O)c1sc(C2=CCCCC2)cc1N(C(=O)[C@H]1CC[C@H](C)CC1)C1CCN(C=O)CC1. The Morgan fingerprint density at radius 1 is 1.12 bits per heavy atom. The van der Waals surface area contributed by atoms with Crippen LogP contribution < -0.4 is 4.90 Å². The number of methoxy groups -OCH3 is 1. The normalized spacial score (nSPS) is 24.2. The minimum absolute atomic E-state index is 0.00644. The van der Waals surface area contributed by atoms with Crippen molar-refractivity contribution in [3.63, 3.8) is 0 Å². The number of esters is 1. The molecule has 0 atom stereocenters. The lowest BCUT2D eigenvalue weighted by molar-refractivity contribution is -0.124. The van der Waals surface area contributed by atoms with Crippen molar-refractivity contribution in [2.24, 2.45) is 11.8 Å². The molecule has 0 radical (unpaired) electrons. The third-order valence-corrected chi connectivity index (χ3v) is 8.75. The van der Waals surface area contributed by atoms with Crippen LogP contribution in [0.25, 0.3) is 5.57 Å². The Balaban J connectivity index is 1.71. The molecule has 1 saturated heterocycles. The number of thiophene rings is 1. The van der Waals surface area contributed by atoms with E-state index < -0.39 is 0 Å². The maximum Gasteiger partial charge on any atom is 0.350 e. The fourth-order valence-electron chi connectivity index (χ4n) is 5.47. The van der Waals surface area contributed by atoms with Gasteiger partial charge in [-0.25, -0.2) is 4.79 Å². The topological polar surface area (TPSA) is 66.9 Å². The maximum atomic E-state index is 14.0. The second-order valence-electron chi connectivity index (χ2n) is 9.83. The molecule has 7 heteroatoms. The van der Waals surface area contributed by atoms with Crippen LogP contribution >= 0.6 is 11.3 Å². The van der Waals surface area contributed by atoms with Crippen LogP contribution in [0.3, 0.4) is 0 Å². The number of carbonyl (C=O) groups is 3. The number of ether oxygens (including phenoxy) is 1. The van der Waals surface area contributed by atoms with E-state index in [0.717, 1.165) is 69.1 Å². The van der Waals surface area contributed by atoms with Crippen molar-refractivity contribution in [1.29, 1.82) is 0 Å². The van der Waals surface area contributed by atoms with Crippen LogP contribution in [0.5, 0.6) is 0 Å². The lowest BCUT2D eigenvalue weighted by Crippen LogP contribution is -2.50. The van der Waals surface area contributed by atoms with Crippen molar-refractivity contribution in [2.75, 3.05) is 25.1 Å². The molecule has 1 aromatic heterocycles. The van der Waals surface area contributed by atoms with E-state index in [1.807, 2.05) is 4.90 Å². The second-order valence-corrected chi connectivity index (χ2v) is 10.9. The van der Waals surface area contributed by atoms with E-state index in [4.69, 9.17) is 4.74 Å². The fraction of sp³-hybridized carbons (Fsp3) is 0.654. The van der Waals surface area contributed by atoms with E-state index in [-0.39, 0.29) is 23.8 Å². The number of hydrogen-bond acceptors (Lipinski definition) is 5. The highest BCUT2D eigenvalue weighted by Crippen LogP contribution is 2.41. The molecule has 0 unspecified atom stereocenters. The zero-order valence-electron chi connectivity index (χ0n) is 19.9. The molecular weight excluding hydrogens is 436 g/mol. The van der Waals surface area contributed by atoms with Crippen molar-refractivity contribution < 1.29 is 19.1 Å². The molecule has 33 heavy (non-hydrogen) atoms. The smallest absolute Gasteiger partial charge is 0.350 e. The Morgan fingerprint density at radius 2 is 1.85 bits per heavy atom. The zero-order valence-corrected chi connectivity index (χ0v) is 20.7. The minimum Gasteiger partial charge on any atom is -0.465 e. The summed E-state index contributed by atoms with van der Waals surface area (Å²) < 4.78 is 5.15. The number of amides is 2. The number of carbonyl (C=O) groups excluding carboxylic acids is 3. The van der Waals surface area contributed by atoms with E-state index in [9.17, 15) is 14.4 Å². The number of hydrogen-bond donors (Lipinski definition) is 0. The number of allylic oxidation sites excluding steroid dienone is 2. The average Bonchev–Trinajstić information content (AvgIpc) is 3.30. The number of nitrogens with zero attached hydrogens (tertiary/aromatic N) is 2. The zero-order chi connectivity index (χ0) is 23.4. The Morgan fingerprint density at radius 3 is 2.45 bits per heavy atom. The maximum absolute atomic E-state index is 14.0. The standard InChI is InChI=1S/C26H36N2O4S/c1-18-8-10-20(11-9-18)25(30)28(21-12-14-27(17-29)15-13-21)22-16-23(19-6-4-3-5-7-19)33-24(22)26(31)32-2/h6,16-18,20-21H,3-5,7-15H2,1-2H3/t18-,20-. The van der Waals surface area contributed by atoms with Crippen molar-refractivity contribution in [2.45, 2.75) is 77.2 Å². The predicted molar refractivity (Wildman–Crippen MR) is 131 cm³/mol. The molecule has 2 aliphatic carbocycles. The van der Waals surface area contributed by atoms with Gasteiger partial charge in [-0.05, 0) is 81.8 Å². The minimum atomic E-state index is -0.377. The first-order valence-corrected chi connectivity index (χ1v) is 13.3. The molecule has 2 heterocycles. The summed E-state index contributed by atoms with van der Waals surface area (Å²) in [6.07, 6.45) is 13.0. The van der Waals surface area contributed by atoms with E-state index >= 15 is 0 Å². The predicted octanol–water partition coefficient (Wildman–Crippen LogP) is 5.27. The third-order valence-electron chi connectivity index (χ3n) is 7.57. The number of anilines is 1. The van der Waals surface area contributed by atoms with Gasteiger partial charge in [-0.2, -0.15) is 0 Å². The molecule has 1 aromatic rings. The van der Waals surface area contributed by atoms with Gasteiger partial charge < -0.3 is 14.5 Å². The van der Waals surface area contributed by atoms with E-state index in [1.54, 1.807) is 4.90 Å². The molecular formula is C26H36N2O4S. The molecule has 1 aliphatic heterocycles. The third kappa shape index (κ3) is 5.34. The molecule has 2 fully saturated rings. The molecule has 0 N–H and O–H groups in total. The molecule has 0 spiro atoms. The summed E-state index contributed by atoms with van der Waals surface area (Å²) >= 11 is 1.46. The number of rotatable bonds is 6. The molecule has 6 nitrogen and oxygen atoms in total. The lowest BCUT2D eigenvalue weighted by Gasteiger charge is -2.39. The lowest BCUT2D eigenvalue weighted by atomic mass is 9.82. The summed E-state index contributed by atoms with van der Waals surface area (Å²) in [5.74, 6) is 0.416. The first-order chi connectivity index (χ1) is 16.0. The highest BCUT2D eigenvalue weighted by molar-refractivity contribution is 7.15. The van der Waals surface area contributed by atoms with Gasteiger partial charge in [0.15, 0.2) is 0 Å². The number of piperidine rings is 1. The van der Waals surface area contributed by atoms with Crippen LogP contribution in [0.2, 0.25) is 0 Å². The van der Waals surface area contributed by atoms with Gasteiger partial charge >= 0.3 is 5.97 Å². The van der Waals surface area contributed by atoms with Gasteiger partial charge in [0.1, 0.15) is 4.88 Å². The first-order valence-electron chi connectivity index (χ1n) is 12.5. The number of likely N-dealkylation sites (tertiary alicyclic amines) is 1. The summed E-state index contributed by atoms with van der Waals surface area (Å²) in [4.78, 5) is 43.4. The fourth-order valence-corrected chi connectivity index (χ4v) is 6.60. The van der Waals surface area contributed by atoms with Gasteiger partial charge in [0.05, 0.1) is 12.8 Å². The van der Waals surface area contributed by atoms with Gasteiger partial charge in [0.2, 0.25) is 12.3 Å². The van der Waals surface area contributed by atoms with Crippen LogP contribution in [0.4, 0.5) is 5.69 Å². The van der Waals surface area contributed by atoms with E-state index in [0.29, 0.717) is 29.6 Å². The summed E-state index contributed by atoms with van der Waals surface area (Å²) in [5.41, 5.74) is 1.99. The summed E-state index contributed by atoms with van der Waals surface area (Å²) in [7, 11) is 1.41. The highest BCUT2D eigenvalue weighted by Gasteiger charge is 2.37. The molecule has 4 rings (SSSR count). The average molecular weight is 473 g/mol. The first kappa shape index (κ1) is 24.0. The second kappa shape index (κ2) is 10.9. The summed E-state index contributed by atoms with van der Waals surface area (Å²) in [5, 5.41) is 0. The Kier molecular flexibility index (Phi) is 7.89. The van der Waals surface area contributed by atoms with Crippen LogP contribution in [0, 0.1) is 11.8 Å². The Hall–Kier alpha value is -2.15. The molecule has 0 aromatic carbocycles. The van der Waals surface area contributed by atoms with Crippen LogP contribution in [-0.4, -0.2) is 49.4 Å². The van der Waals surface area contributed by atoms with E-state index in [1.165, 1.54) is 30.4 Å². The molecule has 0 bridgehead atoms. The molecule has 180 valence electrons. The molecule has 3 aliphatic rings. The van der Waals surface area contributed by atoms with Crippen molar-refractivity contribution in [3.8, 4) is 0 Å². The van der Waals surface area contributed by atoms with Gasteiger partial charge in [0.25, 0.3) is 0 Å². The van der Waals surface area contributed by atoms with Gasteiger partial charge in [-0.3, -0.25) is 9.59 Å². The van der Waals surface area contributed by atoms with Crippen molar-refractivity contribution >= 4 is 40.9 Å². The monoisotopic (exact) mass is 472 g/mol. The van der Waals surface area contributed by atoms with Gasteiger partial charge in [-0.15, -0.1) is 11.3 Å². The van der Waals surface area contributed by atoms with Crippen LogP contribution in [-0.2, 0) is 14.3 Å². The summed E-state index contributed by atoms with van der Waals surface area (Å²) in [6, 6.07) is 2.04. The molecule has 2 amide bonds. The highest BCUT2D eigenvalue weighted by atomic mass is 32.1. The van der Waals surface area contributed by atoms with Crippen LogP contribution in [0.15, 0.2) is 12.1 Å². The Bertz CT molecular complexity index is 892.